The lowest BCUT2D eigenvalue weighted by molar-refractivity contribution is -0.179. The Bertz CT molecular complexity index is 693. The number of hydrogen-bond donors (Lipinski definition) is 1. The number of nitrogens with zero attached hydrogens (tertiary/aromatic N) is 3. The number of nitrogens with two attached hydrogens (primary N) is 1. The highest BCUT2D eigenvalue weighted by Crippen LogP contribution is 2.35. The summed E-state index contributed by atoms with van der Waals surface area (Å²) in [4.78, 5) is 8.11. The topological polar surface area (TPSA) is 56.7 Å². The minimum Gasteiger partial charge on any atom is -0.334 e. The van der Waals surface area contributed by atoms with Crippen LogP contribution >= 0.6 is 0 Å². The van der Waals surface area contributed by atoms with Crippen LogP contribution in [0.5, 0.6) is 0 Å². The Morgan fingerprint density at radius 1 is 1.36 bits per heavy atom. The lowest BCUT2D eigenvalue weighted by Gasteiger charge is -2.25. The molecule has 2 N–H and O–H groups in total. The van der Waals surface area contributed by atoms with E-state index in [1.54, 1.807) is 10.8 Å². The van der Waals surface area contributed by atoms with Crippen molar-refractivity contribution in [2.45, 2.75) is 32.1 Å². The number of imidazole rings is 1. The van der Waals surface area contributed by atoms with Crippen molar-refractivity contribution >= 4 is 0 Å². The maximum absolute atomic E-state index is 14.0. The van der Waals surface area contributed by atoms with Crippen LogP contribution in [0.1, 0.15) is 17.8 Å². The Morgan fingerprint density at radius 3 is 2.77 bits per heavy atom. The molecule has 2 aromatic rings. The average Bonchev–Trinajstić information content (AvgIpc) is 2.88. The number of hydrogen-bond acceptors (Lipinski definition) is 3. The van der Waals surface area contributed by atoms with Crippen molar-refractivity contribution in [2.24, 2.45) is 11.7 Å². The first-order valence-corrected chi connectivity index (χ1v) is 6.86. The predicted octanol–water partition coefficient (Wildman–Crippen LogP) is 2.67. The summed E-state index contributed by atoms with van der Waals surface area (Å²) in [6, 6.07) is 1.26. The molecule has 0 fully saturated rings. The first-order chi connectivity index (χ1) is 10.4. The molecule has 118 valence electrons. The second-order valence-electron chi connectivity index (χ2n) is 5.35. The maximum atomic E-state index is 14.0. The molecule has 0 amide bonds. The molecule has 1 aliphatic heterocycles. The normalized spacial score (nSPS) is 18.3. The lowest BCUT2D eigenvalue weighted by atomic mass is 9.97. The second kappa shape index (κ2) is 5.35. The zero-order chi connectivity index (χ0) is 15.9. The SMILES string of the molecule is NCc1cnc(-c2cn3c(n2)CC(C(F)(F)F)CC3)c(F)c1. The van der Waals surface area contributed by atoms with Gasteiger partial charge in [-0.15, -0.1) is 0 Å². The van der Waals surface area contributed by atoms with Crippen LogP contribution in [-0.4, -0.2) is 20.7 Å². The van der Waals surface area contributed by atoms with Gasteiger partial charge >= 0.3 is 6.18 Å². The van der Waals surface area contributed by atoms with Crippen LogP contribution in [-0.2, 0) is 19.5 Å². The highest BCUT2D eigenvalue weighted by Gasteiger charge is 2.41. The summed E-state index contributed by atoms with van der Waals surface area (Å²) in [5.41, 5.74) is 6.23. The van der Waals surface area contributed by atoms with E-state index in [0.717, 1.165) is 0 Å². The summed E-state index contributed by atoms with van der Waals surface area (Å²) >= 11 is 0. The van der Waals surface area contributed by atoms with Crippen molar-refractivity contribution in [2.75, 3.05) is 0 Å². The number of alkyl halides is 3. The molecule has 1 unspecified atom stereocenters. The third-order valence-corrected chi connectivity index (χ3v) is 3.85. The summed E-state index contributed by atoms with van der Waals surface area (Å²) in [5.74, 6) is -1.66. The summed E-state index contributed by atoms with van der Waals surface area (Å²) in [5, 5.41) is 0. The highest BCUT2D eigenvalue weighted by molar-refractivity contribution is 5.54. The summed E-state index contributed by atoms with van der Waals surface area (Å²) in [6.45, 7) is 0.381. The van der Waals surface area contributed by atoms with E-state index in [0.29, 0.717) is 11.4 Å². The second-order valence-corrected chi connectivity index (χ2v) is 5.35. The fourth-order valence-corrected chi connectivity index (χ4v) is 2.60. The molecule has 1 aliphatic rings. The van der Waals surface area contributed by atoms with Crippen LogP contribution in [0.4, 0.5) is 17.6 Å². The Morgan fingerprint density at radius 2 is 2.14 bits per heavy atom. The van der Waals surface area contributed by atoms with Crippen molar-refractivity contribution < 1.29 is 17.6 Å². The number of halogens is 4. The Hall–Kier alpha value is -1.96. The number of pyridine rings is 1. The summed E-state index contributed by atoms with van der Waals surface area (Å²) in [6.07, 6.45) is -1.42. The molecule has 0 spiro atoms. The van der Waals surface area contributed by atoms with Crippen LogP contribution in [0.2, 0.25) is 0 Å². The standard InChI is InChI=1S/C14H14F4N4/c15-10-3-8(5-19)6-20-13(10)11-7-22-2-1-9(14(16,17)18)4-12(22)21-11/h3,6-7,9H,1-2,4-5,19H2. The molecule has 4 nitrogen and oxygen atoms in total. The van der Waals surface area contributed by atoms with E-state index in [-0.39, 0.29) is 37.3 Å². The average molecular weight is 314 g/mol. The van der Waals surface area contributed by atoms with Gasteiger partial charge in [-0.25, -0.2) is 9.37 Å². The van der Waals surface area contributed by atoms with Gasteiger partial charge in [0.05, 0.1) is 5.92 Å². The van der Waals surface area contributed by atoms with E-state index in [1.165, 1.54) is 12.3 Å². The van der Waals surface area contributed by atoms with E-state index >= 15 is 0 Å². The number of aryl methyl sites for hydroxylation is 1. The first kappa shape index (κ1) is 15.0. The van der Waals surface area contributed by atoms with Crippen LogP contribution in [0.15, 0.2) is 18.5 Å². The number of fused-ring (bicyclic) bond motifs is 1. The monoisotopic (exact) mass is 314 g/mol. The van der Waals surface area contributed by atoms with E-state index < -0.39 is 17.9 Å². The van der Waals surface area contributed by atoms with E-state index in [2.05, 4.69) is 9.97 Å². The van der Waals surface area contributed by atoms with Crippen molar-refractivity contribution in [1.29, 1.82) is 0 Å². The molecule has 22 heavy (non-hydrogen) atoms. The Labute approximate surface area is 124 Å². The lowest BCUT2D eigenvalue weighted by Crippen LogP contribution is -2.31. The van der Waals surface area contributed by atoms with Gasteiger partial charge in [0.25, 0.3) is 0 Å². The highest BCUT2D eigenvalue weighted by atomic mass is 19.4. The smallest absolute Gasteiger partial charge is 0.334 e. The van der Waals surface area contributed by atoms with Crippen LogP contribution in [0.3, 0.4) is 0 Å². The van der Waals surface area contributed by atoms with Crippen molar-refractivity contribution in [3.8, 4) is 11.4 Å². The van der Waals surface area contributed by atoms with Gasteiger partial charge < -0.3 is 10.3 Å². The molecule has 0 aromatic carbocycles. The molecule has 3 rings (SSSR count). The van der Waals surface area contributed by atoms with E-state index in [4.69, 9.17) is 5.73 Å². The van der Waals surface area contributed by atoms with Crippen LogP contribution in [0.25, 0.3) is 11.4 Å². The third kappa shape index (κ3) is 2.70. The quantitative estimate of drug-likeness (QED) is 0.867. The molecular formula is C14H14F4N4. The fraction of sp³-hybridized carbons (Fsp3) is 0.429. The largest absolute Gasteiger partial charge is 0.392 e. The van der Waals surface area contributed by atoms with Crippen LogP contribution < -0.4 is 5.73 Å². The van der Waals surface area contributed by atoms with Gasteiger partial charge in [0.15, 0.2) is 5.82 Å². The number of aromatic nitrogens is 3. The predicted molar refractivity (Wildman–Crippen MR) is 71.2 cm³/mol. The molecule has 0 saturated heterocycles. The van der Waals surface area contributed by atoms with Gasteiger partial charge in [0.1, 0.15) is 17.2 Å². The zero-order valence-corrected chi connectivity index (χ0v) is 11.6. The van der Waals surface area contributed by atoms with Gasteiger partial charge in [0.2, 0.25) is 0 Å². The van der Waals surface area contributed by atoms with E-state index in [9.17, 15) is 17.6 Å². The van der Waals surface area contributed by atoms with Crippen molar-refractivity contribution in [1.82, 2.24) is 14.5 Å². The van der Waals surface area contributed by atoms with Gasteiger partial charge in [-0.3, -0.25) is 4.98 Å². The van der Waals surface area contributed by atoms with Crippen molar-refractivity contribution in [3.05, 3.63) is 35.7 Å². The maximum Gasteiger partial charge on any atom is 0.392 e. The summed E-state index contributed by atoms with van der Waals surface area (Å²) in [7, 11) is 0. The van der Waals surface area contributed by atoms with Gasteiger partial charge in [-0.2, -0.15) is 13.2 Å². The number of rotatable bonds is 2. The minimum absolute atomic E-state index is 0.00826. The molecule has 8 heteroatoms. The molecule has 1 atom stereocenters. The van der Waals surface area contributed by atoms with Gasteiger partial charge in [0, 0.05) is 31.9 Å². The molecular weight excluding hydrogens is 300 g/mol. The van der Waals surface area contributed by atoms with Gasteiger partial charge in [-0.1, -0.05) is 0 Å². The van der Waals surface area contributed by atoms with Crippen LogP contribution in [0, 0.1) is 11.7 Å². The Balaban J connectivity index is 1.91. The minimum atomic E-state index is -4.23. The molecule has 2 aromatic heterocycles. The Kier molecular flexibility index (Phi) is 3.64. The molecule has 0 radical (unpaired) electrons. The zero-order valence-electron chi connectivity index (χ0n) is 11.6. The van der Waals surface area contributed by atoms with Crippen molar-refractivity contribution in [3.63, 3.8) is 0 Å². The molecule has 0 bridgehead atoms. The third-order valence-electron chi connectivity index (χ3n) is 3.85. The fourth-order valence-electron chi connectivity index (χ4n) is 2.60. The van der Waals surface area contributed by atoms with E-state index in [1.807, 2.05) is 0 Å². The molecule has 0 saturated carbocycles. The first-order valence-electron chi connectivity index (χ1n) is 6.86. The molecule has 0 aliphatic carbocycles. The molecule has 3 heterocycles. The van der Waals surface area contributed by atoms with Gasteiger partial charge in [-0.05, 0) is 18.1 Å². The summed E-state index contributed by atoms with van der Waals surface area (Å²) < 4.78 is 54.0.